The number of nitrogen functional groups attached to an aromatic ring is 1. The Morgan fingerprint density at radius 1 is 0.625 bits per heavy atom. The molecule has 0 unspecified atom stereocenters. The molecule has 0 aromatic heterocycles. The number of hydrogen-bond donors (Lipinski definition) is 1. The third kappa shape index (κ3) is 9.57. The van der Waals surface area contributed by atoms with Gasteiger partial charge in [0.25, 0.3) is 0 Å². The number of aryl methyl sites for hydroxylation is 1. The first-order valence-electron chi connectivity index (χ1n) is 12.1. The van der Waals surface area contributed by atoms with Gasteiger partial charge in [-0.25, -0.2) is 0 Å². The molecule has 2 rings (SSSR count). The second-order valence-corrected chi connectivity index (χ2v) is 8.41. The molecule has 2 N–H and O–H groups in total. The number of carbonyl (C=O) groups excluding carboxylic acids is 4. The highest BCUT2D eigenvalue weighted by molar-refractivity contribution is 5.84. The zero-order valence-corrected chi connectivity index (χ0v) is 23.3. The summed E-state index contributed by atoms with van der Waals surface area (Å²) in [6.45, 7) is 1.10. The summed E-state index contributed by atoms with van der Waals surface area (Å²) in [5, 5.41) is 0. The topological polar surface area (TPSA) is 156 Å². The smallest absolute Gasteiger partial charge is 0.325 e. The molecule has 218 valence electrons. The van der Waals surface area contributed by atoms with E-state index < -0.39 is 23.9 Å². The van der Waals surface area contributed by atoms with E-state index in [1.807, 2.05) is 13.0 Å². The number of rotatable bonds is 15. The van der Waals surface area contributed by atoms with Crippen molar-refractivity contribution in [3.05, 3.63) is 42.0 Å². The van der Waals surface area contributed by atoms with E-state index in [1.54, 1.807) is 30.3 Å². The molecule has 0 heterocycles. The molecule has 0 aliphatic carbocycles. The summed E-state index contributed by atoms with van der Waals surface area (Å²) >= 11 is 0. The fraction of sp³-hybridized carbons (Fsp3) is 0.407. The van der Waals surface area contributed by atoms with Crippen LogP contribution in [0.5, 0.6) is 11.5 Å². The lowest BCUT2D eigenvalue weighted by Gasteiger charge is -2.26. The highest BCUT2D eigenvalue weighted by atomic mass is 16.5. The van der Waals surface area contributed by atoms with E-state index in [9.17, 15) is 19.2 Å². The Hall–Kier alpha value is -4.68. The molecule has 0 amide bonds. The van der Waals surface area contributed by atoms with Crippen LogP contribution < -0.4 is 25.0 Å². The Labute approximate surface area is 232 Å². The molecule has 0 fully saturated rings. The summed E-state index contributed by atoms with van der Waals surface area (Å²) in [6, 6.07) is 10.1. The van der Waals surface area contributed by atoms with Crippen molar-refractivity contribution in [2.45, 2.75) is 6.92 Å². The zero-order chi connectivity index (χ0) is 29.7. The lowest BCUT2D eigenvalue weighted by Crippen LogP contribution is -2.36. The van der Waals surface area contributed by atoms with Crippen LogP contribution in [-0.4, -0.2) is 91.7 Å². The van der Waals surface area contributed by atoms with Gasteiger partial charge < -0.3 is 44.0 Å². The first-order chi connectivity index (χ1) is 19.1. The first-order valence-corrected chi connectivity index (χ1v) is 12.1. The number of carbonyl (C=O) groups is 4. The van der Waals surface area contributed by atoms with Crippen molar-refractivity contribution in [1.29, 1.82) is 0 Å². The zero-order valence-electron chi connectivity index (χ0n) is 23.3. The van der Waals surface area contributed by atoms with Gasteiger partial charge in [-0.05, 0) is 42.8 Å². The van der Waals surface area contributed by atoms with Crippen molar-refractivity contribution in [3.8, 4) is 11.5 Å². The second-order valence-electron chi connectivity index (χ2n) is 8.41. The predicted octanol–water partition coefficient (Wildman–Crippen LogP) is 1.34. The molecule has 0 saturated heterocycles. The van der Waals surface area contributed by atoms with E-state index in [-0.39, 0.29) is 39.4 Å². The Morgan fingerprint density at radius 3 is 1.55 bits per heavy atom. The standard InChI is InChI=1S/C27H35N3O10/c1-18-6-8-20(29(14-24(31)35-2)15-25(32)36-3)23(12-18)40-11-10-39-22-9-7-19(28)13-21(22)30(16-26(33)37-4)17-27(34)38-5/h6-9,12-13H,10-11,14-17,28H2,1-5H3. The van der Waals surface area contributed by atoms with Crippen LogP contribution >= 0.6 is 0 Å². The summed E-state index contributed by atoms with van der Waals surface area (Å²) in [5.74, 6) is -1.48. The van der Waals surface area contributed by atoms with E-state index in [0.29, 0.717) is 28.6 Å². The van der Waals surface area contributed by atoms with E-state index in [4.69, 9.17) is 34.2 Å². The average Bonchev–Trinajstić information content (AvgIpc) is 2.94. The highest BCUT2D eigenvalue weighted by Crippen LogP contribution is 2.32. The van der Waals surface area contributed by atoms with Gasteiger partial charge in [0.1, 0.15) is 50.9 Å². The number of hydrogen-bond acceptors (Lipinski definition) is 13. The van der Waals surface area contributed by atoms with E-state index >= 15 is 0 Å². The van der Waals surface area contributed by atoms with Crippen molar-refractivity contribution in [2.75, 3.05) is 83.4 Å². The normalized spacial score (nSPS) is 10.2. The molecule has 40 heavy (non-hydrogen) atoms. The third-order valence-electron chi connectivity index (χ3n) is 5.57. The number of methoxy groups -OCH3 is 4. The van der Waals surface area contributed by atoms with Crippen LogP contribution in [0, 0.1) is 6.92 Å². The van der Waals surface area contributed by atoms with Crippen LogP contribution in [-0.2, 0) is 38.1 Å². The molecular weight excluding hydrogens is 526 g/mol. The van der Waals surface area contributed by atoms with Crippen LogP contribution in [0.25, 0.3) is 0 Å². The SMILES string of the molecule is COC(=O)CN(CC(=O)OC)c1ccc(C)cc1OCCOc1ccc(N)cc1N(CC(=O)OC)CC(=O)OC. The Kier molecular flexibility index (Phi) is 12.4. The lowest BCUT2D eigenvalue weighted by atomic mass is 10.2. The summed E-state index contributed by atoms with van der Waals surface area (Å²) < 4.78 is 30.9. The maximum Gasteiger partial charge on any atom is 0.325 e. The molecule has 0 bridgehead atoms. The van der Waals surface area contributed by atoms with Crippen molar-refractivity contribution < 1.29 is 47.6 Å². The molecule has 0 atom stereocenters. The molecule has 0 aliphatic rings. The molecule has 0 aliphatic heterocycles. The van der Waals surface area contributed by atoms with Crippen LogP contribution in [0.4, 0.5) is 17.1 Å². The Morgan fingerprint density at radius 2 is 1.07 bits per heavy atom. The molecule has 0 spiro atoms. The van der Waals surface area contributed by atoms with Gasteiger partial charge in [0.05, 0.1) is 39.8 Å². The number of esters is 4. The van der Waals surface area contributed by atoms with Gasteiger partial charge in [-0.15, -0.1) is 0 Å². The molecule has 0 radical (unpaired) electrons. The minimum absolute atomic E-state index is 0.0581. The Balaban J connectivity index is 2.23. The van der Waals surface area contributed by atoms with Gasteiger partial charge in [-0.2, -0.15) is 0 Å². The molecule has 13 nitrogen and oxygen atoms in total. The van der Waals surface area contributed by atoms with Gasteiger partial charge in [0.15, 0.2) is 0 Å². The molecule has 13 heteroatoms. The quantitative estimate of drug-likeness (QED) is 0.144. The van der Waals surface area contributed by atoms with Crippen LogP contribution in [0.2, 0.25) is 0 Å². The van der Waals surface area contributed by atoms with Gasteiger partial charge in [-0.1, -0.05) is 6.07 Å². The van der Waals surface area contributed by atoms with Crippen molar-refractivity contribution in [1.82, 2.24) is 0 Å². The van der Waals surface area contributed by atoms with Crippen molar-refractivity contribution in [3.63, 3.8) is 0 Å². The fourth-order valence-electron chi connectivity index (χ4n) is 3.54. The van der Waals surface area contributed by atoms with Crippen molar-refractivity contribution in [2.24, 2.45) is 0 Å². The summed E-state index contributed by atoms with van der Waals surface area (Å²) in [7, 11) is 4.99. The minimum atomic E-state index is -0.573. The predicted molar refractivity (Wildman–Crippen MR) is 146 cm³/mol. The molecule has 0 saturated carbocycles. The minimum Gasteiger partial charge on any atom is -0.488 e. The largest absolute Gasteiger partial charge is 0.488 e. The van der Waals surface area contributed by atoms with Crippen LogP contribution in [0.1, 0.15) is 5.56 Å². The lowest BCUT2D eigenvalue weighted by molar-refractivity contribution is -0.141. The monoisotopic (exact) mass is 561 g/mol. The summed E-state index contributed by atoms with van der Waals surface area (Å²) in [5.41, 5.74) is 8.10. The van der Waals surface area contributed by atoms with E-state index in [1.165, 1.54) is 38.2 Å². The average molecular weight is 562 g/mol. The maximum absolute atomic E-state index is 12.0. The van der Waals surface area contributed by atoms with E-state index in [2.05, 4.69) is 0 Å². The summed E-state index contributed by atoms with van der Waals surface area (Å²) in [4.78, 5) is 50.9. The van der Waals surface area contributed by atoms with Gasteiger partial charge >= 0.3 is 23.9 Å². The number of nitrogens with two attached hydrogens (primary N) is 1. The first kappa shape index (κ1) is 31.5. The number of anilines is 3. The Bertz CT molecular complexity index is 1150. The summed E-state index contributed by atoms with van der Waals surface area (Å²) in [6.07, 6.45) is 0. The maximum atomic E-state index is 12.0. The third-order valence-corrected chi connectivity index (χ3v) is 5.57. The van der Waals surface area contributed by atoms with Gasteiger partial charge in [0.2, 0.25) is 0 Å². The van der Waals surface area contributed by atoms with E-state index in [0.717, 1.165) is 5.56 Å². The number of nitrogens with zero attached hydrogens (tertiary/aromatic N) is 2. The van der Waals surface area contributed by atoms with Crippen LogP contribution in [0.3, 0.4) is 0 Å². The van der Waals surface area contributed by atoms with Crippen molar-refractivity contribution >= 4 is 40.9 Å². The van der Waals surface area contributed by atoms with Crippen LogP contribution in [0.15, 0.2) is 36.4 Å². The van der Waals surface area contributed by atoms with Gasteiger partial charge in [-0.3, -0.25) is 19.2 Å². The molecular formula is C27H35N3O10. The second kappa shape index (κ2) is 15.7. The molecule has 2 aromatic carbocycles. The fourth-order valence-corrected chi connectivity index (χ4v) is 3.54. The number of benzene rings is 2. The molecule has 2 aromatic rings. The van der Waals surface area contributed by atoms with Gasteiger partial charge in [0, 0.05) is 5.69 Å². The number of ether oxygens (including phenoxy) is 6. The highest BCUT2D eigenvalue weighted by Gasteiger charge is 2.22.